The van der Waals surface area contributed by atoms with Crippen molar-refractivity contribution in [2.45, 2.75) is 33.2 Å². The number of nitrogens with zero attached hydrogens (tertiary/aromatic N) is 3. The predicted molar refractivity (Wildman–Crippen MR) is 158 cm³/mol. The van der Waals surface area contributed by atoms with Gasteiger partial charge in [0.25, 0.3) is 5.91 Å². The van der Waals surface area contributed by atoms with Crippen molar-refractivity contribution in [3.05, 3.63) is 118 Å². The number of hydrogen-bond donors (Lipinski definition) is 3. The fourth-order valence-electron chi connectivity index (χ4n) is 4.95. The Hall–Kier alpha value is -5.42. The van der Waals surface area contributed by atoms with Gasteiger partial charge in [-0.15, -0.1) is 0 Å². The number of fused-ring (bicyclic) bond motifs is 1. The lowest BCUT2D eigenvalue weighted by molar-refractivity contribution is -0.137. The molecular formula is C33H29N5O3. The van der Waals surface area contributed by atoms with E-state index in [0.717, 1.165) is 27.9 Å². The van der Waals surface area contributed by atoms with E-state index in [4.69, 9.17) is 4.98 Å². The minimum atomic E-state index is -1.01. The second kappa shape index (κ2) is 11.4. The molecule has 204 valence electrons. The van der Waals surface area contributed by atoms with Crippen molar-refractivity contribution in [2.24, 2.45) is 0 Å². The number of carbonyl (C=O) groups excluding carboxylic acids is 1. The molecule has 0 saturated heterocycles. The van der Waals surface area contributed by atoms with Crippen LogP contribution in [0.4, 0.5) is 11.5 Å². The maximum absolute atomic E-state index is 13.7. The molecule has 0 aliphatic heterocycles. The van der Waals surface area contributed by atoms with Crippen LogP contribution in [0.3, 0.4) is 0 Å². The predicted octanol–water partition coefficient (Wildman–Crippen LogP) is 6.49. The van der Waals surface area contributed by atoms with Gasteiger partial charge >= 0.3 is 5.97 Å². The lowest BCUT2D eigenvalue weighted by atomic mass is 10.0. The summed E-state index contributed by atoms with van der Waals surface area (Å²) in [5.41, 5.74) is 7.35. The minimum Gasteiger partial charge on any atom is -0.481 e. The molecule has 8 nitrogen and oxygen atoms in total. The molecule has 1 atom stereocenters. The van der Waals surface area contributed by atoms with Gasteiger partial charge in [0.2, 0.25) is 0 Å². The van der Waals surface area contributed by atoms with Crippen LogP contribution < -0.4 is 10.6 Å². The van der Waals surface area contributed by atoms with Crippen LogP contribution in [0.15, 0.2) is 85.1 Å². The number of carboxylic acids is 1. The van der Waals surface area contributed by atoms with Crippen LogP contribution in [-0.4, -0.2) is 26.4 Å². The number of nitrogens with one attached hydrogen (secondary N) is 2. The number of nitriles is 1. The molecule has 8 heteroatoms. The van der Waals surface area contributed by atoms with Crippen LogP contribution in [-0.2, 0) is 4.79 Å². The van der Waals surface area contributed by atoms with Gasteiger partial charge in [-0.25, -0.2) is 4.98 Å². The number of aromatic nitrogens is 2. The fraction of sp³-hybridized carbons (Fsp3) is 0.152. The van der Waals surface area contributed by atoms with E-state index in [2.05, 4.69) is 16.7 Å². The summed E-state index contributed by atoms with van der Waals surface area (Å²) in [7, 11) is 0. The van der Waals surface area contributed by atoms with Crippen molar-refractivity contribution < 1.29 is 14.7 Å². The van der Waals surface area contributed by atoms with Gasteiger partial charge in [0.15, 0.2) is 5.65 Å². The zero-order valence-corrected chi connectivity index (χ0v) is 23.0. The molecule has 0 aliphatic rings. The molecular weight excluding hydrogens is 514 g/mol. The highest BCUT2D eigenvalue weighted by atomic mass is 16.4. The minimum absolute atomic E-state index is 0.261. The van der Waals surface area contributed by atoms with Gasteiger partial charge < -0.3 is 15.7 Å². The molecule has 0 radical (unpaired) electrons. The van der Waals surface area contributed by atoms with E-state index >= 15 is 0 Å². The zero-order chi connectivity index (χ0) is 29.1. The highest BCUT2D eigenvalue weighted by Gasteiger charge is 2.24. The Balaban J connectivity index is 1.62. The molecule has 0 fully saturated rings. The van der Waals surface area contributed by atoms with Gasteiger partial charge in [-0.05, 0) is 61.7 Å². The third kappa shape index (κ3) is 5.65. The normalized spacial score (nSPS) is 11.6. The number of para-hydroxylation sites is 1. The Kier molecular flexibility index (Phi) is 7.53. The molecule has 1 amide bonds. The van der Waals surface area contributed by atoms with Gasteiger partial charge in [-0.3, -0.25) is 14.0 Å². The standard InChI is InChI=1S/C33H29N5O3/c1-20-7-4-10-25(17-20)27(18-28(39)40)35-33(41)26-11-6-16-38-31(26)37-30(24-14-12-23(19-34)13-15-24)32(38)36-29-21(2)8-5-9-22(29)3/h4-17,27,36H,18H2,1-3H3,(H,35,41)(H,39,40). The maximum Gasteiger partial charge on any atom is 0.305 e. The average Bonchev–Trinajstić information content (AvgIpc) is 3.33. The number of aliphatic carboxylic acids is 1. The zero-order valence-electron chi connectivity index (χ0n) is 23.0. The first-order valence-corrected chi connectivity index (χ1v) is 13.2. The van der Waals surface area contributed by atoms with Crippen molar-refractivity contribution in [1.82, 2.24) is 14.7 Å². The molecule has 0 bridgehead atoms. The van der Waals surface area contributed by atoms with Crippen LogP contribution in [0.2, 0.25) is 0 Å². The number of hydrogen-bond acceptors (Lipinski definition) is 5. The quantitative estimate of drug-likeness (QED) is 0.206. The fourth-order valence-corrected chi connectivity index (χ4v) is 4.95. The van der Waals surface area contributed by atoms with Gasteiger partial charge in [-0.2, -0.15) is 5.26 Å². The highest BCUT2D eigenvalue weighted by molar-refractivity contribution is 6.01. The first-order valence-electron chi connectivity index (χ1n) is 13.2. The summed E-state index contributed by atoms with van der Waals surface area (Å²) in [5, 5.41) is 25.3. The van der Waals surface area contributed by atoms with Crippen molar-refractivity contribution in [1.29, 1.82) is 5.26 Å². The third-order valence-electron chi connectivity index (χ3n) is 7.04. The number of carbonyl (C=O) groups is 2. The summed E-state index contributed by atoms with van der Waals surface area (Å²) in [5.74, 6) is -0.783. The van der Waals surface area contributed by atoms with E-state index in [9.17, 15) is 20.0 Å². The summed E-state index contributed by atoms with van der Waals surface area (Å²) in [4.78, 5) is 30.3. The van der Waals surface area contributed by atoms with E-state index < -0.39 is 17.9 Å². The molecule has 41 heavy (non-hydrogen) atoms. The first-order chi connectivity index (χ1) is 19.7. The van der Waals surface area contributed by atoms with Crippen molar-refractivity contribution in [3.8, 4) is 17.3 Å². The van der Waals surface area contributed by atoms with Crippen LogP contribution in [0.25, 0.3) is 16.9 Å². The SMILES string of the molecule is Cc1cccc(C(CC(=O)O)NC(=O)c2cccn3c(Nc4c(C)cccc4C)c(-c4ccc(C#N)cc4)nc23)c1. The Labute approximate surface area is 237 Å². The molecule has 2 aromatic heterocycles. The van der Waals surface area contributed by atoms with Crippen LogP contribution in [0.1, 0.15) is 50.6 Å². The molecule has 3 N–H and O–H groups in total. The molecule has 5 aromatic rings. The molecule has 5 rings (SSSR count). The smallest absolute Gasteiger partial charge is 0.305 e. The second-order valence-corrected chi connectivity index (χ2v) is 10.0. The molecule has 0 saturated carbocycles. The number of aryl methyl sites for hydroxylation is 3. The lowest BCUT2D eigenvalue weighted by Crippen LogP contribution is -2.30. The monoisotopic (exact) mass is 543 g/mol. The summed E-state index contributed by atoms with van der Waals surface area (Å²) < 4.78 is 1.83. The molecule has 0 aliphatic carbocycles. The number of carboxylic acid groups (broad SMARTS) is 1. The second-order valence-electron chi connectivity index (χ2n) is 10.0. The van der Waals surface area contributed by atoms with Gasteiger partial charge in [0.1, 0.15) is 11.5 Å². The lowest BCUT2D eigenvalue weighted by Gasteiger charge is -2.18. The molecule has 2 heterocycles. The van der Waals surface area contributed by atoms with Crippen molar-refractivity contribution in [3.63, 3.8) is 0 Å². The third-order valence-corrected chi connectivity index (χ3v) is 7.04. The van der Waals surface area contributed by atoms with Gasteiger partial charge in [0, 0.05) is 17.4 Å². The van der Waals surface area contributed by atoms with E-state index in [1.54, 1.807) is 24.3 Å². The number of anilines is 2. The van der Waals surface area contributed by atoms with Crippen LogP contribution in [0, 0.1) is 32.1 Å². The van der Waals surface area contributed by atoms with E-state index in [1.165, 1.54) is 0 Å². The summed E-state index contributed by atoms with van der Waals surface area (Å²) in [6.07, 6.45) is 1.57. The number of benzene rings is 3. The highest BCUT2D eigenvalue weighted by Crippen LogP contribution is 2.34. The first kappa shape index (κ1) is 27.2. The van der Waals surface area contributed by atoms with Crippen molar-refractivity contribution in [2.75, 3.05) is 5.32 Å². The topological polar surface area (TPSA) is 120 Å². The summed E-state index contributed by atoms with van der Waals surface area (Å²) >= 11 is 0. The van der Waals surface area contributed by atoms with Gasteiger partial charge in [-0.1, -0.05) is 60.2 Å². The number of pyridine rings is 1. The van der Waals surface area contributed by atoms with E-state index in [0.29, 0.717) is 33.8 Å². The molecule has 1 unspecified atom stereocenters. The Morgan fingerprint density at radius 1 is 0.976 bits per heavy atom. The Morgan fingerprint density at radius 3 is 2.34 bits per heavy atom. The number of amides is 1. The van der Waals surface area contributed by atoms with E-state index in [1.807, 2.05) is 86.0 Å². The summed E-state index contributed by atoms with van der Waals surface area (Å²) in [6, 6.07) is 25.5. The molecule has 3 aromatic carbocycles. The molecule has 0 spiro atoms. The van der Waals surface area contributed by atoms with Gasteiger partial charge in [0.05, 0.1) is 29.7 Å². The van der Waals surface area contributed by atoms with Crippen LogP contribution in [0.5, 0.6) is 0 Å². The average molecular weight is 544 g/mol. The largest absolute Gasteiger partial charge is 0.481 e. The number of imidazole rings is 1. The maximum atomic E-state index is 13.7. The number of rotatable bonds is 8. The Morgan fingerprint density at radius 2 is 1.68 bits per heavy atom. The van der Waals surface area contributed by atoms with E-state index in [-0.39, 0.29) is 6.42 Å². The van der Waals surface area contributed by atoms with Crippen molar-refractivity contribution >= 4 is 29.0 Å². The Bertz CT molecular complexity index is 1800. The summed E-state index contributed by atoms with van der Waals surface area (Å²) in [6.45, 7) is 5.96. The van der Waals surface area contributed by atoms with Crippen LogP contribution >= 0.6 is 0 Å².